The van der Waals surface area contributed by atoms with Crippen molar-refractivity contribution in [2.75, 3.05) is 13.2 Å². The van der Waals surface area contributed by atoms with Gasteiger partial charge in [-0.25, -0.2) is 4.79 Å². The van der Waals surface area contributed by atoms with Crippen LogP contribution in [0.5, 0.6) is 0 Å². The highest BCUT2D eigenvalue weighted by Crippen LogP contribution is 2.23. The van der Waals surface area contributed by atoms with Crippen LogP contribution in [0.4, 0.5) is 0 Å². The summed E-state index contributed by atoms with van der Waals surface area (Å²) in [6.45, 7) is 8.73. The predicted molar refractivity (Wildman–Crippen MR) is 87.8 cm³/mol. The Hall–Kier alpha value is -1.57. The summed E-state index contributed by atoms with van der Waals surface area (Å²) in [5.74, 6) is -0.495. The fraction of sp³-hybridized carbons (Fsp3) is 0.562. The lowest BCUT2D eigenvalue weighted by Gasteiger charge is -2.33. The number of nitrogens with zero attached hydrogens (tertiary/aromatic N) is 1. The van der Waals surface area contributed by atoms with Gasteiger partial charge in [0.05, 0.1) is 17.7 Å². The standard InChI is InChI=1S/C16H22BNO5/c1-15(2)9-21-17(22-10-15)11-6-5-7-12-13(11)18(14(19)23-12)8-16(3,4)20/h5-7,20H,8-10H2,1-4H3. The van der Waals surface area contributed by atoms with Crippen LogP contribution < -0.4 is 11.2 Å². The van der Waals surface area contributed by atoms with Gasteiger partial charge in [0.15, 0.2) is 5.58 Å². The van der Waals surface area contributed by atoms with Gasteiger partial charge in [0, 0.05) is 24.1 Å². The van der Waals surface area contributed by atoms with Crippen LogP contribution in [0.15, 0.2) is 27.4 Å². The molecule has 0 aliphatic carbocycles. The van der Waals surface area contributed by atoms with Crippen LogP contribution in [0.3, 0.4) is 0 Å². The quantitative estimate of drug-likeness (QED) is 0.859. The summed E-state index contributed by atoms with van der Waals surface area (Å²) in [5, 5.41) is 10.1. The molecule has 0 amide bonds. The molecule has 0 radical (unpaired) electrons. The number of fused-ring (bicyclic) bond motifs is 1. The maximum absolute atomic E-state index is 12.2. The van der Waals surface area contributed by atoms with Gasteiger partial charge in [-0.2, -0.15) is 0 Å². The fourth-order valence-corrected chi connectivity index (χ4v) is 2.74. The average Bonchev–Trinajstić information content (AvgIpc) is 2.73. The van der Waals surface area contributed by atoms with Crippen LogP contribution >= 0.6 is 0 Å². The molecule has 2 heterocycles. The van der Waals surface area contributed by atoms with E-state index in [0.29, 0.717) is 24.3 Å². The molecular formula is C16H22BNO5. The van der Waals surface area contributed by atoms with Crippen LogP contribution in [0.1, 0.15) is 27.7 Å². The lowest BCUT2D eigenvalue weighted by molar-refractivity contribution is 0.0343. The van der Waals surface area contributed by atoms with Crippen molar-refractivity contribution in [2.24, 2.45) is 5.41 Å². The largest absolute Gasteiger partial charge is 0.496 e. The van der Waals surface area contributed by atoms with Crippen molar-refractivity contribution in [1.29, 1.82) is 0 Å². The van der Waals surface area contributed by atoms with E-state index in [1.54, 1.807) is 19.9 Å². The average molecular weight is 319 g/mol. The highest BCUT2D eigenvalue weighted by atomic mass is 16.6. The Morgan fingerprint density at radius 3 is 2.57 bits per heavy atom. The Morgan fingerprint density at radius 2 is 1.96 bits per heavy atom. The molecule has 2 aromatic rings. The molecule has 1 fully saturated rings. The van der Waals surface area contributed by atoms with Gasteiger partial charge < -0.3 is 18.8 Å². The summed E-state index contributed by atoms with van der Waals surface area (Å²) < 4.78 is 18.4. The fourth-order valence-electron chi connectivity index (χ4n) is 2.74. The minimum Gasteiger partial charge on any atom is -0.408 e. The van der Waals surface area contributed by atoms with Crippen molar-refractivity contribution < 1.29 is 18.8 Å². The number of para-hydroxylation sites is 1. The number of aromatic nitrogens is 1. The minimum atomic E-state index is -1.04. The molecule has 1 aromatic carbocycles. The molecule has 0 atom stereocenters. The molecule has 1 saturated heterocycles. The third kappa shape index (κ3) is 3.36. The molecule has 124 valence electrons. The first-order valence-electron chi connectivity index (χ1n) is 7.74. The topological polar surface area (TPSA) is 73.8 Å². The first-order chi connectivity index (χ1) is 10.7. The lowest BCUT2D eigenvalue weighted by atomic mass is 9.75. The van der Waals surface area contributed by atoms with E-state index in [9.17, 15) is 9.90 Å². The summed E-state index contributed by atoms with van der Waals surface area (Å²) in [4.78, 5) is 12.2. The Balaban J connectivity index is 2.06. The van der Waals surface area contributed by atoms with Crippen molar-refractivity contribution in [3.05, 3.63) is 28.7 Å². The van der Waals surface area contributed by atoms with E-state index in [2.05, 4.69) is 13.8 Å². The van der Waals surface area contributed by atoms with Gasteiger partial charge in [0.2, 0.25) is 0 Å². The zero-order chi connectivity index (χ0) is 16.8. The summed E-state index contributed by atoms with van der Waals surface area (Å²) in [7, 11) is -0.545. The van der Waals surface area contributed by atoms with Gasteiger partial charge >= 0.3 is 12.9 Å². The van der Waals surface area contributed by atoms with Gasteiger partial charge in [-0.3, -0.25) is 4.57 Å². The Bertz CT molecular complexity index is 761. The number of oxazole rings is 1. The van der Waals surface area contributed by atoms with Crippen LogP contribution in [-0.4, -0.2) is 35.6 Å². The number of hydrogen-bond donors (Lipinski definition) is 1. The van der Waals surface area contributed by atoms with Gasteiger partial charge in [-0.1, -0.05) is 26.0 Å². The minimum absolute atomic E-state index is 0.0342. The second-order valence-electron chi connectivity index (χ2n) is 7.58. The van der Waals surface area contributed by atoms with Crippen LogP contribution in [0, 0.1) is 5.41 Å². The number of aliphatic hydroxyl groups is 1. The molecule has 1 aliphatic heterocycles. The van der Waals surface area contributed by atoms with E-state index in [0.717, 1.165) is 5.46 Å². The molecule has 1 aliphatic rings. The second kappa shape index (κ2) is 5.51. The molecule has 0 saturated carbocycles. The zero-order valence-corrected chi connectivity index (χ0v) is 14.0. The highest BCUT2D eigenvalue weighted by molar-refractivity contribution is 6.64. The van der Waals surface area contributed by atoms with Gasteiger partial charge in [0.25, 0.3) is 0 Å². The molecule has 0 spiro atoms. The molecule has 0 unspecified atom stereocenters. The Morgan fingerprint density at radius 1 is 1.30 bits per heavy atom. The van der Waals surface area contributed by atoms with Crippen LogP contribution in [0.25, 0.3) is 11.1 Å². The first-order valence-corrected chi connectivity index (χ1v) is 7.74. The van der Waals surface area contributed by atoms with E-state index in [1.165, 1.54) is 4.57 Å². The van der Waals surface area contributed by atoms with Crippen LogP contribution in [0.2, 0.25) is 0 Å². The molecule has 0 bridgehead atoms. The normalized spacial score (nSPS) is 18.6. The second-order valence-corrected chi connectivity index (χ2v) is 7.58. The van der Waals surface area contributed by atoms with Crippen molar-refractivity contribution in [3.63, 3.8) is 0 Å². The SMILES string of the molecule is CC(C)(O)Cn1c(=O)oc2cccc(B3OCC(C)(C)CO3)c21. The molecule has 6 nitrogen and oxygen atoms in total. The third-order valence-corrected chi connectivity index (χ3v) is 3.77. The van der Waals surface area contributed by atoms with Gasteiger partial charge in [-0.15, -0.1) is 0 Å². The van der Waals surface area contributed by atoms with E-state index in [1.807, 2.05) is 12.1 Å². The van der Waals surface area contributed by atoms with Crippen molar-refractivity contribution >= 4 is 23.7 Å². The summed E-state index contributed by atoms with van der Waals surface area (Å²) in [5.41, 5.74) is 0.753. The summed E-state index contributed by atoms with van der Waals surface area (Å²) >= 11 is 0. The van der Waals surface area contributed by atoms with Crippen molar-refractivity contribution in [1.82, 2.24) is 4.57 Å². The van der Waals surface area contributed by atoms with Gasteiger partial charge in [0.1, 0.15) is 0 Å². The Kier molecular flexibility index (Phi) is 3.90. The third-order valence-electron chi connectivity index (χ3n) is 3.77. The maximum Gasteiger partial charge on any atom is 0.496 e. The van der Waals surface area contributed by atoms with E-state index in [4.69, 9.17) is 13.7 Å². The van der Waals surface area contributed by atoms with Crippen molar-refractivity contribution in [3.8, 4) is 0 Å². The molecule has 1 N–H and O–H groups in total. The zero-order valence-electron chi connectivity index (χ0n) is 14.0. The highest BCUT2D eigenvalue weighted by Gasteiger charge is 2.36. The number of benzene rings is 1. The molecule has 7 heteroatoms. The molecular weight excluding hydrogens is 297 g/mol. The first kappa shape index (κ1) is 16.3. The summed E-state index contributed by atoms with van der Waals surface area (Å²) in [6, 6.07) is 5.40. The molecule has 23 heavy (non-hydrogen) atoms. The molecule has 1 aromatic heterocycles. The number of rotatable bonds is 3. The predicted octanol–water partition coefficient (Wildman–Crippen LogP) is 1.13. The van der Waals surface area contributed by atoms with E-state index >= 15 is 0 Å². The summed E-state index contributed by atoms with van der Waals surface area (Å²) in [6.07, 6.45) is 0. The van der Waals surface area contributed by atoms with Crippen molar-refractivity contribution in [2.45, 2.75) is 39.8 Å². The smallest absolute Gasteiger partial charge is 0.408 e. The van der Waals surface area contributed by atoms with Crippen LogP contribution in [-0.2, 0) is 15.9 Å². The Labute approximate surface area is 135 Å². The van der Waals surface area contributed by atoms with E-state index < -0.39 is 18.5 Å². The number of hydrogen-bond acceptors (Lipinski definition) is 5. The maximum atomic E-state index is 12.2. The van der Waals surface area contributed by atoms with Gasteiger partial charge in [-0.05, 0) is 19.9 Å². The molecule has 3 rings (SSSR count). The lowest BCUT2D eigenvalue weighted by Crippen LogP contribution is -2.48. The monoisotopic (exact) mass is 319 g/mol. The van der Waals surface area contributed by atoms with E-state index in [-0.39, 0.29) is 12.0 Å².